The maximum absolute atomic E-state index is 12.6. The van der Waals surface area contributed by atoms with E-state index in [1.54, 1.807) is 19.6 Å². The van der Waals surface area contributed by atoms with Crippen LogP contribution in [0.1, 0.15) is 26.7 Å². The van der Waals surface area contributed by atoms with Crippen LogP contribution < -0.4 is 5.32 Å². The molecule has 1 aliphatic heterocycles. The van der Waals surface area contributed by atoms with Gasteiger partial charge in [0.15, 0.2) is 5.03 Å². The van der Waals surface area contributed by atoms with Gasteiger partial charge in [0.2, 0.25) is 0 Å². The fourth-order valence-electron chi connectivity index (χ4n) is 2.51. The first-order chi connectivity index (χ1) is 9.41. The van der Waals surface area contributed by atoms with E-state index in [-0.39, 0.29) is 11.1 Å². The van der Waals surface area contributed by atoms with E-state index in [0.29, 0.717) is 5.92 Å². The molecule has 1 aromatic heterocycles. The summed E-state index contributed by atoms with van der Waals surface area (Å²) >= 11 is 0. The third kappa shape index (κ3) is 3.39. The van der Waals surface area contributed by atoms with Crippen LogP contribution in [0, 0.1) is 5.92 Å². The molecule has 0 aromatic carbocycles. The van der Waals surface area contributed by atoms with E-state index in [2.05, 4.69) is 24.1 Å². The first-order valence-corrected chi connectivity index (χ1v) is 8.56. The van der Waals surface area contributed by atoms with Gasteiger partial charge in [0.25, 0.3) is 10.0 Å². The van der Waals surface area contributed by atoms with Crippen LogP contribution in [0.25, 0.3) is 0 Å². The van der Waals surface area contributed by atoms with Gasteiger partial charge in [0.1, 0.15) is 0 Å². The molecule has 0 amide bonds. The van der Waals surface area contributed by atoms with Crippen molar-refractivity contribution in [3.8, 4) is 0 Å². The van der Waals surface area contributed by atoms with Crippen LogP contribution in [0.4, 0.5) is 0 Å². The van der Waals surface area contributed by atoms with Crippen molar-refractivity contribution in [2.75, 3.05) is 20.1 Å². The lowest BCUT2D eigenvalue weighted by atomic mass is 10.1. The van der Waals surface area contributed by atoms with Gasteiger partial charge in [-0.05, 0) is 31.8 Å². The van der Waals surface area contributed by atoms with Crippen LogP contribution in [0.3, 0.4) is 0 Å². The lowest BCUT2D eigenvalue weighted by Crippen LogP contribution is -2.43. The summed E-state index contributed by atoms with van der Waals surface area (Å²) in [5, 5.41) is 3.40. The molecular formula is C13H24N4O2S. The van der Waals surface area contributed by atoms with Crippen LogP contribution in [0.2, 0.25) is 0 Å². The molecule has 1 N–H and O–H groups in total. The summed E-state index contributed by atoms with van der Waals surface area (Å²) in [6, 6.07) is 0.0662. The maximum atomic E-state index is 12.6. The second kappa shape index (κ2) is 6.24. The fourth-order valence-corrected chi connectivity index (χ4v) is 3.86. The first kappa shape index (κ1) is 15.5. The van der Waals surface area contributed by atoms with Crippen molar-refractivity contribution in [2.45, 2.75) is 44.3 Å². The van der Waals surface area contributed by atoms with Crippen LogP contribution in [-0.2, 0) is 16.6 Å². The highest BCUT2D eigenvalue weighted by atomic mass is 32.2. The molecule has 0 unspecified atom stereocenters. The van der Waals surface area contributed by atoms with E-state index in [1.165, 1.54) is 4.31 Å². The number of hydrogen-bond acceptors (Lipinski definition) is 4. The average Bonchev–Trinajstić information content (AvgIpc) is 2.87. The Morgan fingerprint density at radius 2 is 2.10 bits per heavy atom. The van der Waals surface area contributed by atoms with Crippen molar-refractivity contribution in [2.24, 2.45) is 5.92 Å². The van der Waals surface area contributed by atoms with Gasteiger partial charge < -0.3 is 9.88 Å². The SMILES string of the molecule is CC(C)Cn1cnc(S(=O)(=O)N(C)C2CCNCC2)c1. The average molecular weight is 300 g/mol. The zero-order valence-corrected chi connectivity index (χ0v) is 13.2. The number of hydrogen-bond donors (Lipinski definition) is 1. The summed E-state index contributed by atoms with van der Waals surface area (Å²) in [5.41, 5.74) is 0. The Morgan fingerprint density at radius 1 is 1.45 bits per heavy atom. The van der Waals surface area contributed by atoms with E-state index in [4.69, 9.17) is 0 Å². The Balaban J connectivity index is 2.14. The van der Waals surface area contributed by atoms with Gasteiger partial charge >= 0.3 is 0 Å². The van der Waals surface area contributed by atoms with Crippen molar-refractivity contribution >= 4 is 10.0 Å². The Morgan fingerprint density at radius 3 is 2.70 bits per heavy atom. The monoisotopic (exact) mass is 300 g/mol. The topological polar surface area (TPSA) is 67.2 Å². The second-order valence-electron chi connectivity index (χ2n) is 5.80. The number of aromatic nitrogens is 2. The summed E-state index contributed by atoms with van der Waals surface area (Å²) in [5.74, 6) is 0.460. The molecule has 0 radical (unpaired) electrons. The van der Waals surface area contributed by atoms with Crippen molar-refractivity contribution in [3.63, 3.8) is 0 Å². The number of nitrogens with zero attached hydrogens (tertiary/aromatic N) is 3. The molecule has 7 heteroatoms. The van der Waals surface area contributed by atoms with Crippen molar-refractivity contribution < 1.29 is 8.42 Å². The minimum absolute atomic E-state index is 0.0662. The van der Waals surface area contributed by atoms with E-state index in [1.807, 2.05) is 4.57 Å². The number of imidazole rings is 1. The molecule has 1 saturated heterocycles. The lowest BCUT2D eigenvalue weighted by Gasteiger charge is -2.30. The molecule has 0 atom stereocenters. The molecule has 0 saturated carbocycles. The number of piperidine rings is 1. The molecule has 0 bridgehead atoms. The van der Waals surface area contributed by atoms with Gasteiger partial charge in [0.05, 0.1) is 6.33 Å². The number of rotatable bonds is 5. The smallest absolute Gasteiger partial charge is 0.262 e. The quantitative estimate of drug-likeness (QED) is 0.878. The van der Waals surface area contributed by atoms with Gasteiger partial charge in [-0.2, -0.15) is 4.31 Å². The standard InChI is InChI=1S/C13H24N4O2S/c1-11(2)8-17-9-13(15-10-17)20(18,19)16(3)12-4-6-14-7-5-12/h9-12,14H,4-8H2,1-3H3. The van der Waals surface area contributed by atoms with E-state index >= 15 is 0 Å². The summed E-state index contributed by atoms with van der Waals surface area (Å²) in [4.78, 5) is 4.07. The van der Waals surface area contributed by atoms with Gasteiger partial charge in [0, 0.05) is 25.8 Å². The Hall–Kier alpha value is -0.920. The molecule has 1 aromatic rings. The van der Waals surface area contributed by atoms with Gasteiger partial charge in [-0.15, -0.1) is 0 Å². The molecule has 2 rings (SSSR count). The van der Waals surface area contributed by atoms with E-state index < -0.39 is 10.0 Å². The molecule has 1 aliphatic rings. The Labute approximate surface area is 121 Å². The third-order valence-corrected chi connectivity index (χ3v) is 5.45. The molecule has 1 fully saturated rings. The van der Waals surface area contributed by atoms with Gasteiger partial charge in [-0.3, -0.25) is 0 Å². The fraction of sp³-hybridized carbons (Fsp3) is 0.769. The van der Waals surface area contributed by atoms with Crippen molar-refractivity contribution in [3.05, 3.63) is 12.5 Å². The van der Waals surface area contributed by atoms with Gasteiger partial charge in [-0.1, -0.05) is 13.8 Å². The largest absolute Gasteiger partial charge is 0.336 e. The third-order valence-electron chi connectivity index (χ3n) is 3.65. The lowest BCUT2D eigenvalue weighted by molar-refractivity contribution is 0.296. The molecule has 20 heavy (non-hydrogen) atoms. The summed E-state index contributed by atoms with van der Waals surface area (Å²) < 4.78 is 28.4. The summed E-state index contributed by atoms with van der Waals surface area (Å²) in [6.45, 7) is 6.70. The minimum atomic E-state index is -3.48. The predicted octanol–water partition coefficient (Wildman–Crippen LogP) is 0.912. The first-order valence-electron chi connectivity index (χ1n) is 7.12. The second-order valence-corrected chi connectivity index (χ2v) is 7.75. The predicted molar refractivity (Wildman–Crippen MR) is 77.9 cm³/mol. The molecule has 0 spiro atoms. The van der Waals surface area contributed by atoms with Crippen molar-refractivity contribution in [1.82, 2.24) is 19.2 Å². The van der Waals surface area contributed by atoms with Crippen LogP contribution in [0.5, 0.6) is 0 Å². The highest BCUT2D eigenvalue weighted by Gasteiger charge is 2.30. The van der Waals surface area contributed by atoms with Crippen LogP contribution in [-0.4, -0.2) is 48.5 Å². The van der Waals surface area contributed by atoms with E-state index in [9.17, 15) is 8.42 Å². The highest BCUT2D eigenvalue weighted by Crippen LogP contribution is 2.19. The zero-order chi connectivity index (χ0) is 14.8. The zero-order valence-electron chi connectivity index (χ0n) is 12.4. The van der Waals surface area contributed by atoms with Gasteiger partial charge in [-0.25, -0.2) is 13.4 Å². The van der Waals surface area contributed by atoms with Crippen LogP contribution in [0.15, 0.2) is 17.6 Å². The summed E-state index contributed by atoms with van der Waals surface area (Å²) in [7, 11) is -1.82. The Kier molecular flexibility index (Phi) is 4.82. The number of sulfonamides is 1. The highest BCUT2D eigenvalue weighted by molar-refractivity contribution is 7.89. The Bertz CT molecular complexity index is 532. The maximum Gasteiger partial charge on any atom is 0.262 e. The minimum Gasteiger partial charge on any atom is -0.336 e. The van der Waals surface area contributed by atoms with Crippen LogP contribution >= 0.6 is 0 Å². The molecular weight excluding hydrogens is 276 g/mol. The molecule has 114 valence electrons. The number of nitrogens with one attached hydrogen (secondary N) is 1. The normalized spacial score (nSPS) is 18.1. The van der Waals surface area contributed by atoms with Crippen molar-refractivity contribution in [1.29, 1.82) is 0 Å². The molecule has 2 heterocycles. The molecule has 0 aliphatic carbocycles. The summed E-state index contributed by atoms with van der Waals surface area (Å²) in [6.07, 6.45) is 4.93. The van der Waals surface area contributed by atoms with E-state index in [0.717, 1.165) is 32.5 Å². The molecule has 6 nitrogen and oxygen atoms in total.